The first kappa shape index (κ1) is 15.6. The maximum absolute atomic E-state index is 13.2. The Labute approximate surface area is 125 Å². The third-order valence-corrected chi connectivity index (χ3v) is 4.12. The third-order valence-electron chi connectivity index (χ3n) is 3.63. The van der Waals surface area contributed by atoms with E-state index in [4.69, 9.17) is 0 Å². The normalized spacial score (nSPS) is 19.9. The van der Waals surface area contributed by atoms with E-state index in [1.807, 2.05) is 11.8 Å². The number of nitrogens with one attached hydrogen (secondary N) is 1. The first-order chi connectivity index (χ1) is 9.43. The molecule has 0 radical (unpaired) electrons. The van der Waals surface area contributed by atoms with Crippen molar-refractivity contribution >= 4 is 21.6 Å². The second kappa shape index (κ2) is 6.35. The topological polar surface area (TPSA) is 15.3 Å². The van der Waals surface area contributed by atoms with E-state index in [2.05, 4.69) is 21.2 Å². The molecular weight excluding hydrogens is 333 g/mol. The maximum atomic E-state index is 13.2. The first-order valence-electron chi connectivity index (χ1n) is 6.77. The standard InChI is InChI=1S/C14H18BrF3N2/c1-2-20(11-4-3-7-19-9-11)13-6-5-10(15)8-12(13)14(16,17)18/h5-6,8,11,19H,2-4,7,9H2,1H3. The van der Waals surface area contributed by atoms with Gasteiger partial charge in [-0.05, 0) is 44.5 Å². The van der Waals surface area contributed by atoms with Crippen LogP contribution in [-0.4, -0.2) is 25.7 Å². The summed E-state index contributed by atoms with van der Waals surface area (Å²) in [4.78, 5) is 1.86. The number of piperidine rings is 1. The van der Waals surface area contributed by atoms with Gasteiger partial charge in [-0.25, -0.2) is 0 Å². The van der Waals surface area contributed by atoms with E-state index in [0.29, 0.717) is 11.0 Å². The average Bonchev–Trinajstić information content (AvgIpc) is 2.41. The molecule has 1 saturated heterocycles. The lowest BCUT2D eigenvalue weighted by molar-refractivity contribution is -0.137. The molecular formula is C14H18BrF3N2. The Balaban J connectivity index is 2.38. The zero-order chi connectivity index (χ0) is 14.8. The van der Waals surface area contributed by atoms with Gasteiger partial charge in [0, 0.05) is 29.3 Å². The van der Waals surface area contributed by atoms with Gasteiger partial charge in [-0.2, -0.15) is 13.2 Å². The zero-order valence-corrected chi connectivity index (χ0v) is 12.9. The number of nitrogens with zero attached hydrogens (tertiary/aromatic N) is 1. The number of halogens is 4. The molecule has 0 amide bonds. The number of benzene rings is 1. The van der Waals surface area contributed by atoms with E-state index >= 15 is 0 Å². The van der Waals surface area contributed by atoms with Crippen molar-refractivity contribution in [2.45, 2.75) is 32.0 Å². The molecule has 0 saturated carbocycles. The summed E-state index contributed by atoms with van der Waals surface area (Å²) in [5.74, 6) is 0. The molecule has 20 heavy (non-hydrogen) atoms. The van der Waals surface area contributed by atoms with Gasteiger partial charge < -0.3 is 10.2 Å². The number of alkyl halides is 3. The van der Waals surface area contributed by atoms with Gasteiger partial charge in [-0.15, -0.1) is 0 Å². The first-order valence-corrected chi connectivity index (χ1v) is 7.57. The van der Waals surface area contributed by atoms with E-state index in [1.54, 1.807) is 12.1 Å². The third kappa shape index (κ3) is 3.47. The predicted octanol–water partition coefficient (Wildman–Crippen LogP) is 4.05. The van der Waals surface area contributed by atoms with Crippen molar-refractivity contribution in [3.05, 3.63) is 28.2 Å². The monoisotopic (exact) mass is 350 g/mol. The Morgan fingerprint density at radius 2 is 2.15 bits per heavy atom. The smallest absolute Gasteiger partial charge is 0.367 e. The molecule has 2 rings (SSSR count). The van der Waals surface area contributed by atoms with Gasteiger partial charge in [-0.1, -0.05) is 15.9 Å². The molecule has 0 bridgehead atoms. The molecule has 1 atom stereocenters. The van der Waals surface area contributed by atoms with E-state index in [9.17, 15) is 13.2 Å². The summed E-state index contributed by atoms with van der Waals surface area (Å²) in [6.07, 6.45) is -2.41. The predicted molar refractivity (Wildman–Crippen MR) is 78.1 cm³/mol. The summed E-state index contributed by atoms with van der Waals surface area (Å²) in [6, 6.07) is 4.51. The van der Waals surface area contributed by atoms with Gasteiger partial charge in [0.15, 0.2) is 0 Å². The van der Waals surface area contributed by atoms with Crippen molar-refractivity contribution in [3.8, 4) is 0 Å². The van der Waals surface area contributed by atoms with Crippen LogP contribution in [0, 0.1) is 0 Å². The van der Waals surface area contributed by atoms with Gasteiger partial charge in [0.25, 0.3) is 0 Å². The van der Waals surface area contributed by atoms with Crippen LogP contribution in [0.2, 0.25) is 0 Å². The molecule has 1 heterocycles. The van der Waals surface area contributed by atoms with Crippen LogP contribution in [-0.2, 0) is 6.18 Å². The number of hydrogen-bond acceptors (Lipinski definition) is 2. The molecule has 1 aliphatic rings. The molecule has 1 fully saturated rings. The maximum Gasteiger partial charge on any atom is 0.418 e. The number of hydrogen-bond donors (Lipinski definition) is 1. The van der Waals surface area contributed by atoms with Crippen molar-refractivity contribution in [3.63, 3.8) is 0 Å². The molecule has 1 aliphatic heterocycles. The lowest BCUT2D eigenvalue weighted by Crippen LogP contribution is -2.46. The van der Waals surface area contributed by atoms with Crippen LogP contribution in [0.25, 0.3) is 0 Å². The van der Waals surface area contributed by atoms with Gasteiger partial charge in [0.05, 0.1) is 5.56 Å². The van der Waals surface area contributed by atoms with Crippen LogP contribution < -0.4 is 10.2 Å². The van der Waals surface area contributed by atoms with E-state index in [1.165, 1.54) is 0 Å². The quantitative estimate of drug-likeness (QED) is 0.884. The highest BCUT2D eigenvalue weighted by atomic mass is 79.9. The van der Waals surface area contributed by atoms with E-state index < -0.39 is 11.7 Å². The second-order valence-corrected chi connectivity index (χ2v) is 5.86. The molecule has 6 heteroatoms. The Morgan fingerprint density at radius 1 is 1.40 bits per heavy atom. The minimum absolute atomic E-state index is 0.121. The van der Waals surface area contributed by atoms with Crippen LogP contribution in [0.15, 0.2) is 22.7 Å². The van der Waals surface area contributed by atoms with Gasteiger partial charge >= 0.3 is 6.18 Å². The zero-order valence-electron chi connectivity index (χ0n) is 11.3. The molecule has 1 unspecified atom stereocenters. The fourth-order valence-corrected chi connectivity index (χ4v) is 3.07. The molecule has 1 N–H and O–H groups in total. The molecule has 1 aromatic carbocycles. The summed E-state index contributed by atoms with van der Waals surface area (Å²) in [5.41, 5.74) is -0.295. The average molecular weight is 351 g/mol. The molecule has 0 spiro atoms. The van der Waals surface area contributed by atoms with Crippen molar-refractivity contribution in [2.75, 3.05) is 24.5 Å². The minimum atomic E-state index is -4.34. The SMILES string of the molecule is CCN(c1ccc(Br)cc1C(F)(F)F)C1CCCNC1. The van der Waals surface area contributed by atoms with Crippen LogP contribution in [0.5, 0.6) is 0 Å². The summed E-state index contributed by atoms with van der Waals surface area (Å²) in [5, 5.41) is 3.26. The summed E-state index contributed by atoms with van der Waals surface area (Å²) in [7, 11) is 0. The number of rotatable bonds is 3. The Kier molecular flexibility index (Phi) is 4.96. The molecule has 0 aliphatic carbocycles. The molecule has 1 aromatic rings. The van der Waals surface area contributed by atoms with Crippen LogP contribution in [0.3, 0.4) is 0 Å². The lowest BCUT2D eigenvalue weighted by atomic mass is 10.0. The van der Waals surface area contributed by atoms with E-state index in [-0.39, 0.29) is 11.7 Å². The number of likely N-dealkylation sites (N-methyl/N-ethyl adjacent to an activating group) is 1. The van der Waals surface area contributed by atoms with E-state index in [0.717, 1.165) is 32.0 Å². The Bertz CT molecular complexity index is 456. The van der Waals surface area contributed by atoms with Crippen molar-refractivity contribution in [1.82, 2.24) is 5.32 Å². The highest BCUT2D eigenvalue weighted by Gasteiger charge is 2.36. The lowest BCUT2D eigenvalue weighted by Gasteiger charge is -2.37. The summed E-state index contributed by atoms with van der Waals surface area (Å²) in [6.45, 7) is 4.15. The van der Waals surface area contributed by atoms with Crippen molar-refractivity contribution in [1.29, 1.82) is 0 Å². The van der Waals surface area contributed by atoms with Crippen molar-refractivity contribution < 1.29 is 13.2 Å². The molecule has 2 nitrogen and oxygen atoms in total. The molecule has 112 valence electrons. The summed E-state index contributed by atoms with van der Waals surface area (Å²) < 4.78 is 40.1. The highest BCUT2D eigenvalue weighted by Crippen LogP contribution is 2.39. The van der Waals surface area contributed by atoms with Crippen LogP contribution in [0.1, 0.15) is 25.3 Å². The Morgan fingerprint density at radius 3 is 2.70 bits per heavy atom. The van der Waals surface area contributed by atoms with Crippen LogP contribution >= 0.6 is 15.9 Å². The van der Waals surface area contributed by atoms with Crippen molar-refractivity contribution in [2.24, 2.45) is 0 Å². The largest absolute Gasteiger partial charge is 0.418 e. The fraction of sp³-hybridized carbons (Fsp3) is 0.571. The Hall–Kier alpha value is -0.750. The van der Waals surface area contributed by atoms with Crippen LogP contribution in [0.4, 0.5) is 18.9 Å². The number of anilines is 1. The highest BCUT2D eigenvalue weighted by molar-refractivity contribution is 9.10. The van der Waals surface area contributed by atoms with Gasteiger partial charge in [0.1, 0.15) is 0 Å². The minimum Gasteiger partial charge on any atom is -0.367 e. The van der Waals surface area contributed by atoms with Gasteiger partial charge in [-0.3, -0.25) is 0 Å². The summed E-state index contributed by atoms with van der Waals surface area (Å²) >= 11 is 3.12. The second-order valence-electron chi connectivity index (χ2n) is 4.95. The van der Waals surface area contributed by atoms with Gasteiger partial charge in [0.2, 0.25) is 0 Å². The fourth-order valence-electron chi connectivity index (χ4n) is 2.71. The molecule has 0 aromatic heterocycles.